The lowest BCUT2D eigenvalue weighted by molar-refractivity contribution is -0.119. The average molecular weight is 317 g/mol. The molecule has 0 unspecified atom stereocenters. The summed E-state index contributed by atoms with van der Waals surface area (Å²) in [4.78, 5) is 12.5. The summed E-state index contributed by atoms with van der Waals surface area (Å²) < 4.78 is 0. The first-order chi connectivity index (χ1) is 11.7. The number of benzene rings is 2. The lowest BCUT2D eigenvalue weighted by Crippen LogP contribution is -2.23. The van der Waals surface area contributed by atoms with E-state index in [9.17, 15) is 4.79 Å². The average Bonchev–Trinajstić information content (AvgIpc) is 3.21. The van der Waals surface area contributed by atoms with Crippen molar-refractivity contribution >= 4 is 11.7 Å². The van der Waals surface area contributed by atoms with Crippen LogP contribution in [-0.2, 0) is 17.6 Å². The molecular formula is C20H19N3O. The van der Waals surface area contributed by atoms with Crippen molar-refractivity contribution in [3.05, 3.63) is 71.3 Å². The molecule has 1 aromatic heterocycles. The fourth-order valence-corrected chi connectivity index (χ4v) is 3.32. The van der Waals surface area contributed by atoms with Crippen molar-refractivity contribution in [1.29, 1.82) is 0 Å². The largest absolute Gasteiger partial charge is 0.309 e. The van der Waals surface area contributed by atoms with Crippen molar-refractivity contribution in [3.8, 4) is 11.3 Å². The van der Waals surface area contributed by atoms with Gasteiger partial charge in [-0.05, 0) is 42.5 Å². The van der Waals surface area contributed by atoms with E-state index in [-0.39, 0.29) is 11.8 Å². The molecule has 1 aliphatic rings. The van der Waals surface area contributed by atoms with Crippen LogP contribution >= 0.6 is 0 Å². The van der Waals surface area contributed by atoms with Crippen LogP contribution in [0.4, 0.5) is 5.82 Å². The predicted octanol–water partition coefficient (Wildman–Crippen LogP) is 3.74. The van der Waals surface area contributed by atoms with Crippen LogP contribution in [0.15, 0.2) is 54.6 Å². The van der Waals surface area contributed by atoms with Crippen molar-refractivity contribution < 1.29 is 4.79 Å². The highest BCUT2D eigenvalue weighted by Crippen LogP contribution is 2.28. The van der Waals surface area contributed by atoms with Gasteiger partial charge in [-0.2, -0.15) is 5.10 Å². The smallest absolute Gasteiger partial charge is 0.229 e. The second-order valence-corrected chi connectivity index (χ2v) is 6.40. The summed E-state index contributed by atoms with van der Waals surface area (Å²) in [6.45, 7) is 2.06. The number of aromatic nitrogens is 2. The number of hydrogen-bond acceptors (Lipinski definition) is 2. The van der Waals surface area contributed by atoms with Gasteiger partial charge in [0.25, 0.3) is 0 Å². The molecule has 0 saturated carbocycles. The van der Waals surface area contributed by atoms with E-state index in [0.717, 1.165) is 24.1 Å². The van der Waals surface area contributed by atoms with Crippen molar-refractivity contribution in [3.63, 3.8) is 0 Å². The Balaban J connectivity index is 1.46. The molecule has 0 bridgehead atoms. The van der Waals surface area contributed by atoms with Gasteiger partial charge in [0.1, 0.15) is 0 Å². The van der Waals surface area contributed by atoms with Crippen LogP contribution in [0.2, 0.25) is 0 Å². The molecule has 0 radical (unpaired) electrons. The molecule has 4 rings (SSSR count). The van der Waals surface area contributed by atoms with Gasteiger partial charge in [0.2, 0.25) is 5.91 Å². The van der Waals surface area contributed by atoms with E-state index in [1.165, 1.54) is 16.7 Å². The van der Waals surface area contributed by atoms with Gasteiger partial charge < -0.3 is 5.32 Å². The number of hydrogen-bond donors (Lipinski definition) is 2. The number of H-pyrrole nitrogens is 1. The summed E-state index contributed by atoms with van der Waals surface area (Å²) in [6, 6.07) is 18.3. The molecule has 2 N–H and O–H groups in total. The summed E-state index contributed by atoms with van der Waals surface area (Å²) in [5, 5.41) is 10.2. The van der Waals surface area contributed by atoms with E-state index in [2.05, 4.69) is 46.7 Å². The predicted molar refractivity (Wildman–Crippen MR) is 94.7 cm³/mol. The third-order valence-electron chi connectivity index (χ3n) is 4.58. The van der Waals surface area contributed by atoms with E-state index in [1.54, 1.807) is 0 Å². The van der Waals surface area contributed by atoms with Crippen LogP contribution in [0.3, 0.4) is 0 Å². The number of nitrogens with zero attached hydrogens (tertiary/aromatic N) is 1. The number of aromatic amines is 1. The van der Waals surface area contributed by atoms with Crippen LogP contribution in [0.25, 0.3) is 11.3 Å². The van der Waals surface area contributed by atoms with Gasteiger partial charge in [0.15, 0.2) is 5.82 Å². The first-order valence-electron chi connectivity index (χ1n) is 8.19. The van der Waals surface area contributed by atoms with Gasteiger partial charge in [-0.3, -0.25) is 9.89 Å². The molecule has 1 aliphatic carbocycles. The fraction of sp³-hybridized carbons (Fsp3) is 0.200. The van der Waals surface area contributed by atoms with Crippen molar-refractivity contribution in [1.82, 2.24) is 10.2 Å². The van der Waals surface area contributed by atoms with Gasteiger partial charge in [-0.1, -0.05) is 48.0 Å². The third-order valence-corrected chi connectivity index (χ3v) is 4.58. The number of rotatable bonds is 3. The third kappa shape index (κ3) is 2.83. The number of anilines is 1. The van der Waals surface area contributed by atoms with Gasteiger partial charge in [-0.25, -0.2) is 0 Å². The number of carbonyl (C=O) groups is 1. The van der Waals surface area contributed by atoms with Gasteiger partial charge in [-0.15, -0.1) is 0 Å². The quantitative estimate of drug-likeness (QED) is 0.773. The Kier molecular flexibility index (Phi) is 3.65. The van der Waals surface area contributed by atoms with Crippen molar-refractivity contribution in [2.24, 2.45) is 5.92 Å². The molecule has 0 fully saturated rings. The number of nitrogens with one attached hydrogen (secondary N) is 2. The molecule has 120 valence electrons. The summed E-state index contributed by atoms with van der Waals surface area (Å²) >= 11 is 0. The Morgan fingerprint density at radius 2 is 1.83 bits per heavy atom. The lowest BCUT2D eigenvalue weighted by atomic mass is 10.1. The summed E-state index contributed by atoms with van der Waals surface area (Å²) in [7, 11) is 0. The zero-order valence-electron chi connectivity index (χ0n) is 13.5. The Morgan fingerprint density at radius 1 is 1.08 bits per heavy atom. The molecule has 3 aromatic rings. The van der Waals surface area contributed by atoms with E-state index < -0.39 is 0 Å². The van der Waals surface area contributed by atoms with Gasteiger partial charge >= 0.3 is 0 Å². The second-order valence-electron chi connectivity index (χ2n) is 6.40. The van der Waals surface area contributed by atoms with Crippen LogP contribution < -0.4 is 5.32 Å². The molecule has 0 atom stereocenters. The molecule has 2 aromatic carbocycles. The van der Waals surface area contributed by atoms with E-state index in [1.807, 2.05) is 30.3 Å². The number of amides is 1. The molecule has 1 heterocycles. The van der Waals surface area contributed by atoms with Crippen LogP contribution in [0.1, 0.15) is 16.7 Å². The summed E-state index contributed by atoms with van der Waals surface area (Å²) in [6.07, 6.45) is 1.61. The SMILES string of the molecule is Cc1cccc(-c2cc(NC(=O)C3Cc4ccccc4C3)n[nH]2)c1. The Labute approximate surface area is 140 Å². The fourth-order valence-electron chi connectivity index (χ4n) is 3.32. The molecule has 0 spiro atoms. The molecular weight excluding hydrogens is 298 g/mol. The number of carbonyl (C=O) groups excluding carboxylic acids is 1. The van der Waals surface area contributed by atoms with E-state index in [0.29, 0.717) is 5.82 Å². The number of fused-ring (bicyclic) bond motifs is 1. The van der Waals surface area contributed by atoms with Crippen LogP contribution in [0.5, 0.6) is 0 Å². The molecule has 0 saturated heterocycles. The minimum absolute atomic E-state index is 0.0125. The molecule has 4 nitrogen and oxygen atoms in total. The minimum atomic E-state index is -0.0125. The van der Waals surface area contributed by atoms with Crippen LogP contribution in [0, 0.1) is 12.8 Å². The normalized spacial score (nSPS) is 13.7. The van der Waals surface area contributed by atoms with Gasteiger partial charge in [0, 0.05) is 12.0 Å². The van der Waals surface area contributed by atoms with Crippen molar-refractivity contribution in [2.45, 2.75) is 19.8 Å². The second kappa shape index (κ2) is 5.96. The standard InChI is InChI=1S/C20H19N3O/c1-13-5-4-8-16(9-13)18-12-19(23-22-18)21-20(24)17-10-14-6-2-3-7-15(14)11-17/h2-9,12,17H,10-11H2,1H3,(H2,21,22,23,24). The molecule has 24 heavy (non-hydrogen) atoms. The zero-order valence-corrected chi connectivity index (χ0v) is 13.5. The Bertz CT molecular complexity index is 872. The first-order valence-corrected chi connectivity index (χ1v) is 8.19. The highest BCUT2D eigenvalue weighted by atomic mass is 16.2. The van der Waals surface area contributed by atoms with Crippen LogP contribution in [-0.4, -0.2) is 16.1 Å². The minimum Gasteiger partial charge on any atom is -0.309 e. The maximum atomic E-state index is 12.5. The zero-order chi connectivity index (χ0) is 16.5. The number of aryl methyl sites for hydroxylation is 1. The first kappa shape index (κ1) is 14.7. The van der Waals surface area contributed by atoms with Gasteiger partial charge in [0.05, 0.1) is 5.69 Å². The van der Waals surface area contributed by atoms with E-state index >= 15 is 0 Å². The molecule has 0 aliphatic heterocycles. The summed E-state index contributed by atoms with van der Waals surface area (Å²) in [5.74, 6) is 0.600. The monoisotopic (exact) mass is 317 g/mol. The Morgan fingerprint density at radius 3 is 2.54 bits per heavy atom. The van der Waals surface area contributed by atoms with E-state index in [4.69, 9.17) is 0 Å². The Hall–Kier alpha value is -2.88. The summed E-state index contributed by atoms with van der Waals surface area (Å²) in [5.41, 5.74) is 5.72. The van der Waals surface area contributed by atoms with Crippen molar-refractivity contribution in [2.75, 3.05) is 5.32 Å². The topological polar surface area (TPSA) is 57.8 Å². The lowest BCUT2D eigenvalue weighted by Gasteiger charge is -2.07. The maximum absolute atomic E-state index is 12.5. The highest BCUT2D eigenvalue weighted by Gasteiger charge is 2.27. The molecule has 1 amide bonds. The highest BCUT2D eigenvalue weighted by molar-refractivity contribution is 5.93. The maximum Gasteiger partial charge on any atom is 0.229 e. The molecule has 4 heteroatoms.